The molecule has 0 spiro atoms. The van der Waals surface area contributed by atoms with E-state index in [4.69, 9.17) is 0 Å². The first-order chi connectivity index (χ1) is 13.0. The first-order valence-corrected chi connectivity index (χ1v) is 8.81. The Bertz CT molecular complexity index is 946. The van der Waals surface area contributed by atoms with Gasteiger partial charge in [-0.25, -0.2) is 17.6 Å². The average Bonchev–Trinajstić information content (AvgIpc) is 3.02. The third-order valence-electron chi connectivity index (χ3n) is 5.01. The van der Waals surface area contributed by atoms with Crippen molar-refractivity contribution in [2.24, 2.45) is 0 Å². The highest BCUT2D eigenvalue weighted by Gasteiger charge is 2.32. The Kier molecular flexibility index (Phi) is 4.74. The summed E-state index contributed by atoms with van der Waals surface area (Å²) in [6, 6.07) is 9.93. The number of rotatable bonds is 3. The number of aromatic nitrogens is 1. The van der Waals surface area contributed by atoms with Crippen LogP contribution in [0, 0.1) is 23.3 Å². The predicted molar refractivity (Wildman–Crippen MR) is 94.0 cm³/mol. The van der Waals surface area contributed by atoms with Gasteiger partial charge in [0.1, 0.15) is 23.3 Å². The van der Waals surface area contributed by atoms with Crippen LogP contribution in [-0.4, -0.2) is 16.0 Å². The molecule has 2 heterocycles. The molecule has 0 fully saturated rings. The van der Waals surface area contributed by atoms with Crippen LogP contribution in [0.3, 0.4) is 0 Å². The Morgan fingerprint density at radius 2 is 1.63 bits per heavy atom. The van der Waals surface area contributed by atoms with E-state index in [1.807, 2.05) is 22.9 Å². The van der Waals surface area contributed by atoms with Crippen molar-refractivity contribution in [1.29, 1.82) is 0 Å². The zero-order chi connectivity index (χ0) is 19.0. The van der Waals surface area contributed by atoms with Crippen LogP contribution in [0.1, 0.15) is 29.3 Å². The topological polar surface area (TPSA) is 8.17 Å². The molecular weight excluding hydrogens is 356 g/mol. The standard InChI is InChI=1S/C21H18F4N2/c22-15-7-8-16(23)14(12-15)13-27-11-3-10-26-9-2-6-19(26)21(27)20-17(24)4-1-5-18(20)25/h1-2,4-9,12,21H,3,10-11,13H2. The summed E-state index contributed by atoms with van der Waals surface area (Å²) in [7, 11) is 0. The van der Waals surface area contributed by atoms with Crippen LogP contribution in [0.4, 0.5) is 17.6 Å². The van der Waals surface area contributed by atoms with Crippen LogP contribution in [0.25, 0.3) is 0 Å². The van der Waals surface area contributed by atoms with Gasteiger partial charge in [-0.3, -0.25) is 4.90 Å². The molecule has 0 amide bonds. The van der Waals surface area contributed by atoms with Gasteiger partial charge in [-0.2, -0.15) is 0 Å². The second kappa shape index (κ2) is 7.19. The second-order valence-corrected chi connectivity index (χ2v) is 6.72. The molecule has 4 rings (SSSR count). The fourth-order valence-electron chi connectivity index (χ4n) is 3.80. The van der Waals surface area contributed by atoms with Crippen molar-refractivity contribution in [2.75, 3.05) is 6.54 Å². The van der Waals surface area contributed by atoms with E-state index in [9.17, 15) is 17.6 Å². The molecule has 0 bridgehead atoms. The van der Waals surface area contributed by atoms with Crippen molar-refractivity contribution in [1.82, 2.24) is 9.47 Å². The molecule has 6 heteroatoms. The third-order valence-corrected chi connectivity index (χ3v) is 5.01. The monoisotopic (exact) mass is 374 g/mol. The van der Waals surface area contributed by atoms with Crippen molar-refractivity contribution >= 4 is 0 Å². The molecule has 1 aromatic heterocycles. The number of hydrogen-bond acceptors (Lipinski definition) is 1. The molecule has 27 heavy (non-hydrogen) atoms. The lowest BCUT2D eigenvalue weighted by Crippen LogP contribution is -2.31. The number of halogens is 4. The van der Waals surface area contributed by atoms with Gasteiger partial charge in [0.05, 0.1) is 6.04 Å². The summed E-state index contributed by atoms with van der Waals surface area (Å²) in [6.07, 6.45) is 2.60. The minimum Gasteiger partial charge on any atom is -0.350 e. The van der Waals surface area contributed by atoms with E-state index in [1.165, 1.54) is 18.2 Å². The molecule has 2 nitrogen and oxygen atoms in total. The highest BCUT2D eigenvalue weighted by molar-refractivity contribution is 5.33. The molecule has 1 atom stereocenters. The number of hydrogen-bond donors (Lipinski definition) is 0. The lowest BCUT2D eigenvalue weighted by molar-refractivity contribution is 0.209. The first kappa shape index (κ1) is 17.8. The van der Waals surface area contributed by atoms with Crippen LogP contribution in [0.2, 0.25) is 0 Å². The van der Waals surface area contributed by atoms with Crippen molar-refractivity contribution in [2.45, 2.75) is 25.6 Å². The molecule has 140 valence electrons. The van der Waals surface area contributed by atoms with E-state index < -0.39 is 29.3 Å². The van der Waals surface area contributed by atoms with Gasteiger partial charge < -0.3 is 4.57 Å². The number of aryl methyl sites for hydroxylation is 1. The fourth-order valence-corrected chi connectivity index (χ4v) is 3.80. The fraction of sp³-hybridized carbons (Fsp3) is 0.238. The molecule has 1 aliphatic heterocycles. The summed E-state index contributed by atoms with van der Waals surface area (Å²) in [5.41, 5.74) is 0.821. The zero-order valence-corrected chi connectivity index (χ0v) is 14.5. The van der Waals surface area contributed by atoms with Gasteiger partial charge in [-0.15, -0.1) is 0 Å². The Hall–Kier alpha value is -2.60. The Morgan fingerprint density at radius 1 is 0.852 bits per heavy atom. The van der Waals surface area contributed by atoms with Crippen molar-refractivity contribution in [3.8, 4) is 0 Å². The lowest BCUT2D eigenvalue weighted by Gasteiger charge is -2.31. The summed E-state index contributed by atoms with van der Waals surface area (Å²) in [5.74, 6) is -2.39. The minimum atomic E-state index is -0.730. The molecule has 0 saturated heterocycles. The van der Waals surface area contributed by atoms with E-state index in [1.54, 1.807) is 4.90 Å². The highest BCUT2D eigenvalue weighted by Crippen LogP contribution is 2.36. The Morgan fingerprint density at radius 3 is 2.41 bits per heavy atom. The molecule has 0 radical (unpaired) electrons. The van der Waals surface area contributed by atoms with Gasteiger partial charge in [0.25, 0.3) is 0 Å². The maximum absolute atomic E-state index is 14.6. The molecule has 1 aliphatic rings. The average molecular weight is 374 g/mol. The third kappa shape index (κ3) is 3.37. The summed E-state index contributed by atoms with van der Waals surface area (Å²) in [4.78, 5) is 1.80. The van der Waals surface area contributed by atoms with Crippen LogP contribution in [0.15, 0.2) is 54.7 Å². The van der Waals surface area contributed by atoms with E-state index in [0.717, 1.165) is 30.3 Å². The van der Waals surface area contributed by atoms with Crippen molar-refractivity contribution in [3.63, 3.8) is 0 Å². The van der Waals surface area contributed by atoms with Gasteiger partial charge in [-0.1, -0.05) is 6.07 Å². The maximum Gasteiger partial charge on any atom is 0.131 e. The Balaban J connectivity index is 1.82. The van der Waals surface area contributed by atoms with Crippen LogP contribution >= 0.6 is 0 Å². The number of fused-ring (bicyclic) bond motifs is 1. The van der Waals surface area contributed by atoms with Gasteiger partial charge >= 0.3 is 0 Å². The van der Waals surface area contributed by atoms with Crippen molar-refractivity contribution < 1.29 is 17.6 Å². The second-order valence-electron chi connectivity index (χ2n) is 6.72. The molecular formula is C21H18F4N2. The molecule has 1 unspecified atom stereocenters. The largest absolute Gasteiger partial charge is 0.350 e. The van der Waals surface area contributed by atoms with Crippen LogP contribution < -0.4 is 0 Å². The summed E-state index contributed by atoms with van der Waals surface area (Å²) < 4.78 is 59.0. The normalized spacial score (nSPS) is 17.6. The smallest absolute Gasteiger partial charge is 0.131 e. The van der Waals surface area contributed by atoms with Crippen LogP contribution in [0.5, 0.6) is 0 Å². The van der Waals surface area contributed by atoms with E-state index >= 15 is 0 Å². The van der Waals surface area contributed by atoms with Gasteiger partial charge in [0.2, 0.25) is 0 Å². The van der Waals surface area contributed by atoms with E-state index in [2.05, 4.69) is 0 Å². The zero-order valence-electron chi connectivity index (χ0n) is 14.5. The van der Waals surface area contributed by atoms with Gasteiger partial charge in [-0.05, 0) is 48.9 Å². The minimum absolute atomic E-state index is 0.0488. The van der Waals surface area contributed by atoms with Gasteiger partial charge in [0, 0.05) is 42.7 Å². The summed E-state index contributed by atoms with van der Waals surface area (Å²) >= 11 is 0. The predicted octanol–water partition coefficient (Wildman–Crippen LogP) is 5.04. The van der Waals surface area contributed by atoms with E-state index in [0.29, 0.717) is 13.1 Å². The van der Waals surface area contributed by atoms with Crippen LogP contribution in [-0.2, 0) is 13.1 Å². The molecule has 3 aromatic rings. The quantitative estimate of drug-likeness (QED) is 0.583. The molecule has 2 aromatic carbocycles. The molecule has 0 aliphatic carbocycles. The summed E-state index contributed by atoms with van der Waals surface area (Å²) in [5, 5.41) is 0. The number of nitrogens with zero attached hydrogens (tertiary/aromatic N) is 2. The molecule has 0 N–H and O–H groups in total. The van der Waals surface area contributed by atoms with Gasteiger partial charge in [0.15, 0.2) is 0 Å². The SMILES string of the molecule is Fc1ccc(F)c(CN2CCCn3cccc3C2c2c(F)cccc2F)c1. The summed E-state index contributed by atoms with van der Waals surface area (Å²) in [6.45, 7) is 1.24. The highest BCUT2D eigenvalue weighted by atomic mass is 19.1. The Labute approximate surface area is 154 Å². The lowest BCUT2D eigenvalue weighted by atomic mass is 9.99. The molecule has 0 saturated carbocycles. The first-order valence-electron chi connectivity index (χ1n) is 8.81. The number of benzene rings is 2. The maximum atomic E-state index is 14.6. The van der Waals surface area contributed by atoms with E-state index in [-0.39, 0.29) is 17.7 Å². The van der Waals surface area contributed by atoms with Crippen molar-refractivity contribution in [3.05, 3.63) is 94.8 Å².